The summed E-state index contributed by atoms with van der Waals surface area (Å²) in [5, 5.41) is 3.24. The molecule has 3 heterocycles. The van der Waals surface area contributed by atoms with Crippen molar-refractivity contribution in [3.8, 4) is 11.5 Å². The fourth-order valence-corrected chi connectivity index (χ4v) is 5.28. The van der Waals surface area contributed by atoms with Crippen LogP contribution in [0.4, 0.5) is 0 Å². The van der Waals surface area contributed by atoms with Gasteiger partial charge >= 0.3 is 0 Å². The number of hydrogen-bond acceptors (Lipinski definition) is 3. The second-order valence-electron chi connectivity index (χ2n) is 8.88. The molecule has 1 aromatic carbocycles. The van der Waals surface area contributed by atoms with Crippen molar-refractivity contribution in [1.82, 2.24) is 14.8 Å². The molecule has 0 radical (unpaired) electrons. The van der Waals surface area contributed by atoms with Crippen LogP contribution in [0.3, 0.4) is 0 Å². The molecule has 32 heavy (non-hydrogen) atoms. The lowest BCUT2D eigenvalue weighted by Crippen LogP contribution is -2.64. The van der Waals surface area contributed by atoms with Gasteiger partial charge in [0.1, 0.15) is 17.0 Å². The number of nitrogens with zero attached hydrogens (tertiary/aromatic N) is 2. The van der Waals surface area contributed by atoms with Crippen molar-refractivity contribution >= 4 is 27.7 Å². The highest BCUT2D eigenvalue weighted by Gasteiger charge is 2.48. The third-order valence-corrected chi connectivity index (χ3v) is 7.52. The molecule has 1 atom stereocenters. The minimum absolute atomic E-state index is 0.102. The summed E-state index contributed by atoms with van der Waals surface area (Å²) in [5.41, 5.74) is 1.29. The standard InChI is InChI=1S/C25H26BrN3O3/c1-25(24(31)27-18-8-3-4-9-18)16-28-20(22-11-6-14-32-22)12-13-21(28)23(30)29(25)15-17-7-2-5-10-19(17)26/h2,5-7,10-14,18H,3-4,8-9,15-16H2,1H3,(H,27,31)/t25-/m0/s1. The topological polar surface area (TPSA) is 67.5 Å². The molecule has 7 heteroatoms. The SMILES string of the molecule is C[C@@]1(C(=O)NC2CCCC2)Cn2c(ccc2-c2ccco2)C(=O)N1Cc1ccccc1Br. The number of halogens is 1. The van der Waals surface area contributed by atoms with Crippen LogP contribution < -0.4 is 5.32 Å². The van der Waals surface area contributed by atoms with E-state index in [0.29, 0.717) is 24.5 Å². The first-order valence-electron chi connectivity index (χ1n) is 11.1. The Hall–Kier alpha value is -2.80. The molecule has 166 valence electrons. The van der Waals surface area contributed by atoms with E-state index in [2.05, 4.69) is 21.2 Å². The summed E-state index contributed by atoms with van der Waals surface area (Å²) in [6.45, 7) is 2.58. The van der Waals surface area contributed by atoms with Crippen LogP contribution >= 0.6 is 15.9 Å². The van der Waals surface area contributed by atoms with E-state index in [0.717, 1.165) is 41.4 Å². The van der Waals surface area contributed by atoms with Gasteiger partial charge in [-0.25, -0.2) is 0 Å². The highest BCUT2D eigenvalue weighted by Crippen LogP contribution is 2.35. The number of benzene rings is 1. The minimum atomic E-state index is -1.04. The number of furan rings is 1. The van der Waals surface area contributed by atoms with Crippen LogP contribution in [0.2, 0.25) is 0 Å². The highest BCUT2D eigenvalue weighted by atomic mass is 79.9. The average Bonchev–Trinajstić information content (AvgIpc) is 3.54. The van der Waals surface area contributed by atoms with Crippen LogP contribution in [0.1, 0.15) is 48.7 Å². The monoisotopic (exact) mass is 495 g/mol. The molecule has 1 saturated carbocycles. The largest absolute Gasteiger partial charge is 0.463 e. The number of amides is 2. The lowest BCUT2D eigenvalue weighted by Gasteiger charge is -2.44. The Kier molecular flexibility index (Phi) is 5.45. The van der Waals surface area contributed by atoms with Crippen molar-refractivity contribution < 1.29 is 14.0 Å². The number of carbonyl (C=O) groups excluding carboxylic acids is 2. The van der Waals surface area contributed by atoms with E-state index in [1.165, 1.54) is 0 Å². The molecule has 0 unspecified atom stereocenters. The van der Waals surface area contributed by atoms with Crippen LogP contribution in [0.25, 0.3) is 11.5 Å². The second-order valence-corrected chi connectivity index (χ2v) is 9.73. The van der Waals surface area contributed by atoms with Gasteiger partial charge < -0.3 is 19.2 Å². The summed E-state index contributed by atoms with van der Waals surface area (Å²) in [7, 11) is 0. The highest BCUT2D eigenvalue weighted by molar-refractivity contribution is 9.10. The summed E-state index contributed by atoms with van der Waals surface area (Å²) in [4.78, 5) is 29.2. The molecule has 1 N–H and O–H groups in total. The van der Waals surface area contributed by atoms with Crippen LogP contribution in [-0.2, 0) is 17.9 Å². The molecule has 1 aliphatic heterocycles. The molecule has 6 nitrogen and oxygen atoms in total. The van der Waals surface area contributed by atoms with E-state index in [1.54, 1.807) is 11.2 Å². The predicted octanol–water partition coefficient (Wildman–Crippen LogP) is 4.98. The number of nitrogens with one attached hydrogen (secondary N) is 1. The lowest BCUT2D eigenvalue weighted by atomic mass is 9.93. The van der Waals surface area contributed by atoms with Gasteiger partial charge in [0.25, 0.3) is 5.91 Å². The van der Waals surface area contributed by atoms with Gasteiger partial charge in [0, 0.05) is 17.1 Å². The Labute approximate surface area is 195 Å². The predicted molar refractivity (Wildman–Crippen MR) is 125 cm³/mol. The maximum absolute atomic E-state index is 13.8. The fraction of sp³-hybridized carbons (Fsp3) is 0.360. The molecule has 5 rings (SSSR count). The zero-order valence-electron chi connectivity index (χ0n) is 18.0. The third-order valence-electron chi connectivity index (χ3n) is 6.75. The van der Waals surface area contributed by atoms with Gasteiger partial charge in [0.15, 0.2) is 0 Å². The Morgan fingerprint density at radius 3 is 2.59 bits per heavy atom. The Bertz CT molecular complexity index is 1150. The molecule has 0 bridgehead atoms. The summed E-state index contributed by atoms with van der Waals surface area (Å²) in [6, 6.07) is 15.4. The Morgan fingerprint density at radius 2 is 1.88 bits per heavy atom. The van der Waals surface area contributed by atoms with Crippen LogP contribution in [0.15, 0.2) is 63.7 Å². The van der Waals surface area contributed by atoms with Crippen LogP contribution in [0.5, 0.6) is 0 Å². The van der Waals surface area contributed by atoms with E-state index in [1.807, 2.05) is 60.0 Å². The molecule has 0 spiro atoms. The van der Waals surface area contributed by atoms with Gasteiger partial charge in [-0.05, 0) is 55.7 Å². The summed E-state index contributed by atoms with van der Waals surface area (Å²) in [6.07, 6.45) is 5.86. The maximum Gasteiger partial charge on any atom is 0.271 e. The van der Waals surface area contributed by atoms with Gasteiger partial charge in [-0.1, -0.05) is 47.0 Å². The van der Waals surface area contributed by atoms with E-state index < -0.39 is 5.54 Å². The Balaban J connectivity index is 1.56. The number of carbonyl (C=O) groups is 2. The smallest absolute Gasteiger partial charge is 0.271 e. The van der Waals surface area contributed by atoms with Crippen molar-refractivity contribution in [3.05, 3.63) is 70.5 Å². The van der Waals surface area contributed by atoms with Gasteiger partial charge in [-0.15, -0.1) is 0 Å². The van der Waals surface area contributed by atoms with Crippen LogP contribution in [0, 0.1) is 0 Å². The van der Waals surface area contributed by atoms with E-state index in [-0.39, 0.29) is 17.9 Å². The first kappa shape index (κ1) is 21.1. The maximum atomic E-state index is 13.8. The van der Waals surface area contributed by atoms with Crippen LogP contribution in [-0.4, -0.2) is 32.9 Å². The molecule has 2 amide bonds. The number of aromatic nitrogens is 1. The third kappa shape index (κ3) is 3.58. The first-order valence-corrected chi connectivity index (χ1v) is 11.9. The van der Waals surface area contributed by atoms with Gasteiger partial charge in [0.05, 0.1) is 18.5 Å². The number of hydrogen-bond donors (Lipinski definition) is 1. The lowest BCUT2D eigenvalue weighted by molar-refractivity contribution is -0.133. The molecule has 1 fully saturated rings. The van der Waals surface area contributed by atoms with E-state index >= 15 is 0 Å². The number of fused-ring (bicyclic) bond motifs is 1. The van der Waals surface area contributed by atoms with Gasteiger partial charge in [-0.2, -0.15) is 0 Å². The second kappa shape index (κ2) is 8.28. The van der Waals surface area contributed by atoms with E-state index in [4.69, 9.17) is 4.42 Å². The van der Waals surface area contributed by atoms with Gasteiger partial charge in [-0.3, -0.25) is 9.59 Å². The molecule has 0 saturated heterocycles. The summed E-state index contributed by atoms with van der Waals surface area (Å²) < 4.78 is 8.44. The zero-order chi connectivity index (χ0) is 22.3. The Morgan fingerprint density at radius 1 is 1.12 bits per heavy atom. The number of rotatable bonds is 5. The quantitative estimate of drug-likeness (QED) is 0.542. The zero-order valence-corrected chi connectivity index (χ0v) is 19.6. The minimum Gasteiger partial charge on any atom is -0.463 e. The molecule has 2 aliphatic rings. The van der Waals surface area contributed by atoms with Gasteiger partial charge in [0.2, 0.25) is 5.91 Å². The molecular weight excluding hydrogens is 470 g/mol. The van der Waals surface area contributed by atoms with Crippen molar-refractivity contribution in [2.24, 2.45) is 0 Å². The average molecular weight is 496 g/mol. The van der Waals surface area contributed by atoms with Crippen molar-refractivity contribution in [2.45, 2.75) is 57.3 Å². The molecule has 2 aromatic heterocycles. The first-order chi connectivity index (χ1) is 15.5. The summed E-state index contributed by atoms with van der Waals surface area (Å²) in [5.74, 6) is 0.422. The molecule has 1 aliphatic carbocycles. The fourth-order valence-electron chi connectivity index (χ4n) is 4.87. The van der Waals surface area contributed by atoms with E-state index in [9.17, 15) is 9.59 Å². The normalized spacial score (nSPS) is 21.1. The van der Waals surface area contributed by atoms with Crippen molar-refractivity contribution in [3.63, 3.8) is 0 Å². The molecule has 3 aromatic rings. The van der Waals surface area contributed by atoms with Crippen molar-refractivity contribution in [1.29, 1.82) is 0 Å². The summed E-state index contributed by atoms with van der Waals surface area (Å²) >= 11 is 3.59. The van der Waals surface area contributed by atoms with Crippen molar-refractivity contribution in [2.75, 3.05) is 0 Å². The molecular formula is C25H26BrN3O3.